The standard InChI is InChI=1S/C24H25ClN4O/c25-21-5-6-22-20(16-21)4-3-19-2-1-9-26-23(19)24(22)28-14-12-27(13-15-28)17-18-7-10-29(30)11-8-18/h1-2,5-11,16,24H,3-4,12-15,17H2. The highest BCUT2D eigenvalue weighted by Gasteiger charge is 2.32. The normalized spacial score (nSPS) is 19.7. The van der Waals surface area contributed by atoms with Crippen molar-refractivity contribution in [3.05, 3.63) is 99.2 Å². The molecule has 0 radical (unpaired) electrons. The molecule has 3 heterocycles. The molecule has 5 nitrogen and oxygen atoms in total. The van der Waals surface area contributed by atoms with E-state index in [4.69, 9.17) is 16.6 Å². The summed E-state index contributed by atoms with van der Waals surface area (Å²) in [5.41, 5.74) is 6.39. The first-order chi connectivity index (χ1) is 14.7. The molecule has 0 saturated carbocycles. The number of piperazine rings is 1. The van der Waals surface area contributed by atoms with Crippen molar-refractivity contribution in [2.75, 3.05) is 26.2 Å². The van der Waals surface area contributed by atoms with E-state index in [0.29, 0.717) is 0 Å². The van der Waals surface area contributed by atoms with Gasteiger partial charge in [0.1, 0.15) is 0 Å². The van der Waals surface area contributed by atoms with Crippen molar-refractivity contribution in [3.63, 3.8) is 0 Å². The number of pyridine rings is 2. The molecule has 0 N–H and O–H groups in total. The van der Waals surface area contributed by atoms with Crippen LogP contribution in [0, 0.1) is 5.21 Å². The smallest absolute Gasteiger partial charge is 0.180 e. The van der Waals surface area contributed by atoms with E-state index in [9.17, 15) is 5.21 Å². The van der Waals surface area contributed by atoms with E-state index in [-0.39, 0.29) is 6.04 Å². The lowest BCUT2D eigenvalue weighted by molar-refractivity contribution is -0.605. The molecule has 6 heteroatoms. The van der Waals surface area contributed by atoms with Gasteiger partial charge in [0, 0.05) is 56.1 Å². The van der Waals surface area contributed by atoms with E-state index in [1.54, 1.807) is 12.4 Å². The van der Waals surface area contributed by atoms with Gasteiger partial charge in [0.25, 0.3) is 0 Å². The molecule has 154 valence electrons. The molecule has 0 bridgehead atoms. The quantitative estimate of drug-likeness (QED) is 0.481. The maximum atomic E-state index is 11.3. The highest BCUT2D eigenvalue weighted by Crippen LogP contribution is 2.37. The zero-order chi connectivity index (χ0) is 20.5. The van der Waals surface area contributed by atoms with Crippen LogP contribution < -0.4 is 4.73 Å². The molecule has 1 aromatic carbocycles. The summed E-state index contributed by atoms with van der Waals surface area (Å²) in [5, 5.41) is 12.1. The fraction of sp³-hybridized carbons (Fsp3) is 0.333. The summed E-state index contributed by atoms with van der Waals surface area (Å²) < 4.78 is 0.835. The van der Waals surface area contributed by atoms with Crippen LogP contribution in [0.1, 0.15) is 34.0 Å². The maximum absolute atomic E-state index is 11.3. The molecule has 1 aliphatic heterocycles. The number of fused-ring (bicyclic) bond motifs is 2. The van der Waals surface area contributed by atoms with Crippen LogP contribution in [-0.2, 0) is 19.4 Å². The molecule has 1 aliphatic carbocycles. The summed E-state index contributed by atoms with van der Waals surface area (Å²) in [7, 11) is 0. The van der Waals surface area contributed by atoms with Crippen molar-refractivity contribution in [2.45, 2.75) is 25.4 Å². The summed E-state index contributed by atoms with van der Waals surface area (Å²) in [4.78, 5) is 9.86. The van der Waals surface area contributed by atoms with Gasteiger partial charge in [-0.1, -0.05) is 23.7 Å². The number of aryl methyl sites for hydroxylation is 2. The number of rotatable bonds is 3. The minimum absolute atomic E-state index is 0.175. The van der Waals surface area contributed by atoms with Gasteiger partial charge in [-0.25, -0.2) is 0 Å². The Hall–Kier alpha value is -2.47. The fourth-order valence-electron chi connectivity index (χ4n) is 4.74. The van der Waals surface area contributed by atoms with E-state index >= 15 is 0 Å². The first kappa shape index (κ1) is 19.5. The summed E-state index contributed by atoms with van der Waals surface area (Å²) in [5.74, 6) is 0. The number of benzene rings is 1. The van der Waals surface area contributed by atoms with Gasteiger partial charge >= 0.3 is 0 Å². The largest absolute Gasteiger partial charge is 0.619 e. The summed E-state index contributed by atoms with van der Waals surface area (Å²) in [6, 6.07) is 14.6. The van der Waals surface area contributed by atoms with Crippen LogP contribution >= 0.6 is 11.6 Å². The van der Waals surface area contributed by atoms with Gasteiger partial charge in [-0.15, -0.1) is 0 Å². The average molecular weight is 421 g/mol. The Morgan fingerprint density at radius 1 is 1.00 bits per heavy atom. The third kappa shape index (κ3) is 3.93. The second-order valence-electron chi connectivity index (χ2n) is 8.17. The summed E-state index contributed by atoms with van der Waals surface area (Å²) in [6.07, 6.45) is 7.06. The van der Waals surface area contributed by atoms with Crippen molar-refractivity contribution < 1.29 is 4.73 Å². The van der Waals surface area contributed by atoms with Crippen molar-refractivity contribution in [2.24, 2.45) is 0 Å². The van der Waals surface area contributed by atoms with Gasteiger partial charge < -0.3 is 5.21 Å². The predicted octanol–water partition coefficient (Wildman–Crippen LogP) is 3.37. The lowest BCUT2D eigenvalue weighted by Crippen LogP contribution is -2.47. The summed E-state index contributed by atoms with van der Waals surface area (Å²) in [6.45, 7) is 4.83. The predicted molar refractivity (Wildman–Crippen MR) is 117 cm³/mol. The van der Waals surface area contributed by atoms with Gasteiger partial charge in [-0.05, 0) is 53.3 Å². The first-order valence-corrected chi connectivity index (χ1v) is 10.9. The van der Waals surface area contributed by atoms with Crippen molar-refractivity contribution >= 4 is 11.6 Å². The number of hydrogen-bond donors (Lipinski definition) is 0. The monoisotopic (exact) mass is 420 g/mol. The van der Waals surface area contributed by atoms with Gasteiger partial charge in [0.2, 0.25) is 0 Å². The van der Waals surface area contributed by atoms with Crippen LogP contribution in [0.2, 0.25) is 5.02 Å². The maximum Gasteiger partial charge on any atom is 0.180 e. The molecule has 5 rings (SSSR count). The molecule has 2 aromatic heterocycles. The fourth-order valence-corrected chi connectivity index (χ4v) is 4.93. The molecule has 1 unspecified atom stereocenters. The second kappa shape index (κ2) is 8.34. The number of nitrogens with zero attached hydrogens (tertiary/aromatic N) is 4. The molecule has 1 atom stereocenters. The van der Waals surface area contributed by atoms with Crippen LogP contribution in [0.5, 0.6) is 0 Å². The molecular formula is C24H25ClN4O. The zero-order valence-corrected chi connectivity index (χ0v) is 17.6. The van der Waals surface area contributed by atoms with Crippen LogP contribution in [0.25, 0.3) is 0 Å². The zero-order valence-electron chi connectivity index (χ0n) is 16.9. The Morgan fingerprint density at radius 3 is 2.57 bits per heavy atom. The minimum atomic E-state index is 0.175. The Kier molecular flexibility index (Phi) is 5.42. The third-order valence-corrected chi connectivity index (χ3v) is 6.53. The average Bonchev–Trinajstić information content (AvgIpc) is 2.93. The van der Waals surface area contributed by atoms with Crippen molar-refractivity contribution in [1.82, 2.24) is 14.8 Å². The second-order valence-corrected chi connectivity index (χ2v) is 8.61. The summed E-state index contributed by atoms with van der Waals surface area (Å²) >= 11 is 6.32. The topological polar surface area (TPSA) is 46.3 Å². The third-order valence-electron chi connectivity index (χ3n) is 6.30. The Morgan fingerprint density at radius 2 is 1.77 bits per heavy atom. The molecule has 2 aliphatic rings. The van der Waals surface area contributed by atoms with E-state index < -0.39 is 0 Å². The highest BCUT2D eigenvalue weighted by atomic mass is 35.5. The van der Waals surface area contributed by atoms with E-state index in [1.165, 1.54) is 27.9 Å². The van der Waals surface area contributed by atoms with Gasteiger partial charge in [0.05, 0.1) is 11.7 Å². The first-order valence-electron chi connectivity index (χ1n) is 10.5. The van der Waals surface area contributed by atoms with Crippen LogP contribution in [-0.4, -0.2) is 41.0 Å². The van der Waals surface area contributed by atoms with E-state index in [2.05, 4.69) is 28.0 Å². The highest BCUT2D eigenvalue weighted by molar-refractivity contribution is 6.30. The lowest BCUT2D eigenvalue weighted by atomic mass is 9.96. The number of aromatic nitrogens is 2. The molecule has 0 spiro atoms. The van der Waals surface area contributed by atoms with Crippen LogP contribution in [0.15, 0.2) is 61.1 Å². The Balaban J connectivity index is 1.38. The van der Waals surface area contributed by atoms with Crippen molar-refractivity contribution in [3.8, 4) is 0 Å². The van der Waals surface area contributed by atoms with Gasteiger partial charge in [0.15, 0.2) is 12.4 Å². The van der Waals surface area contributed by atoms with Gasteiger partial charge in [-0.3, -0.25) is 14.8 Å². The molecule has 1 fully saturated rings. The van der Waals surface area contributed by atoms with Gasteiger partial charge in [-0.2, -0.15) is 4.73 Å². The Labute approximate surface area is 182 Å². The molecule has 30 heavy (non-hydrogen) atoms. The molecule has 3 aromatic rings. The minimum Gasteiger partial charge on any atom is -0.619 e. The van der Waals surface area contributed by atoms with Crippen LogP contribution in [0.4, 0.5) is 0 Å². The Bertz CT molecular complexity index is 1030. The van der Waals surface area contributed by atoms with Crippen LogP contribution in [0.3, 0.4) is 0 Å². The van der Waals surface area contributed by atoms with E-state index in [1.807, 2.05) is 30.5 Å². The SMILES string of the molecule is [O-][n+]1ccc(CN2CCN(C3c4ccc(Cl)cc4CCc4cccnc43)CC2)cc1. The number of halogens is 1. The molecule has 0 amide bonds. The van der Waals surface area contributed by atoms with E-state index in [0.717, 1.165) is 55.3 Å². The molecule has 1 saturated heterocycles. The number of hydrogen-bond acceptors (Lipinski definition) is 4. The molecular weight excluding hydrogens is 396 g/mol. The lowest BCUT2D eigenvalue weighted by Gasteiger charge is -2.39. The van der Waals surface area contributed by atoms with Crippen molar-refractivity contribution in [1.29, 1.82) is 0 Å².